The Morgan fingerprint density at radius 2 is 1.86 bits per heavy atom. The molecule has 0 spiro atoms. The van der Waals surface area contributed by atoms with Gasteiger partial charge in [-0.3, -0.25) is 4.90 Å². The molecular formula is C20H32F3IN4. The number of hydrogen-bond acceptors (Lipinski definition) is 2. The monoisotopic (exact) mass is 512 g/mol. The Labute approximate surface area is 183 Å². The summed E-state index contributed by atoms with van der Waals surface area (Å²) in [6, 6.07) is 8.29. The Hall–Kier alpha value is -1.03. The molecule has 0 saturated carbocycles. The number of nitrogens with one attached hydrogen (secondary N) is 2. The van der Waals surface area contributed by atoms with Crippen LogP contribution in [0.25, 0.3) is 0 Å². The maximum atomic E-state index is 12.3. The molecule has 1 aliphatic rings. The number of piperidine rings is 1. The Balaban J connectivity index is 0.00000392. The summed E-state index contributed by atoms with van der Waals surface area (Å²) in [5.74, 6) is 1.23. The van der Waals surface area contributed by atoms with Gasteiger partial charge in [0.05, 0.1) is 13.0 Å². The van der Waals surface area contributed by atoms with Gasteiger partial charge in [0, 0.05) is 19.6 Å². The second-order valence-electron chi connectivity index (χ2n) is 7.27. The van der Waals surface area contributed by atoms with Crippen molar-refractivity contribution in [3.63, 3.8) is 0 Å². The number of benzene rings is 1. The minimum absolute atomic E-state index is 0. The molecule has 1 aromatic carbocycles. The van der Waals surface area contributed by atoms with Gasteiger partial charge in [0.2, 0.25) is 0 Å². The number of likely N-dealkylation sites (tertiary alicyclic amines) is 1. The summed E-state index contributed by atoms with van der Waals surface area (Å²) in [4.78, 5) is 6.89. The lowest BCUT2D eigenvalue weighted by atomic mass is 9.98. The molecule has 1 fully saturated rings. The summed E-state index contributed by atoms with van der Waals surface area (Å²) < 4.78 is 36.9. The molecular weight excluding hydrogens is 480 g/mol. The summed E-state index contributed by atoms with van der Waals surface area (Å²) in [7, 11) is 0. The van der Waals surface area contributed by atoms with E-state index in [1.54, 1.807) is 0 Å². The predicted molar refractivity (Wildman–Crippen MR) is 119 cm³/mol. The highest BCUT2D eigenvalue weighted by atomic mass is 127. The van der Waals surface area contributed by atoms with Crippen LogP contribution < -0.4 is 10.6 Å². The van der Waals surface area contributed by atoms with Gasteiger partial charge in [-0.15, -0.1) is 24.0 Å². The summed E-state index contributed by atoms with van der Waals surface area (Å²) in [5, 5.41) is 5.73. The predicted octanol–water partition coefficient (Wildman–Crippen LogP) is 4.54. The number of nitrogens with zero attached hydrogens (tertiary/aromatic N) is 2. The number of hydrogen-bond donors (Lipinski definition) is 2. The zero-order valence-corrected chi connectivity index (χ0v) is 19.0. The molecule has 0 radical (unpaired) electrons. The van der Waals surface area contributed by atoms with Crippen LogP contribution in [0.5, 0.6) is 0 Å². The van der Waals surface area contributed by atoms with Gasteiger partial charge in [0.15, 0.2) is 5.96 Å². The van der Waals surface area contributed by atoms with Crippen molar-refractivity contribution in [3.8, 4) is 0 Å². The first-order valence-electron chi connectivity index (χ1n) is 9.75. The van der Waals surface area contributed by atoms with Gasteiger partial charge in [-0.25, -0.2) is 4.99 Å². The third-order valence-corrected chi connectivity index (χ3v) is 4.74. The van der Waals surface area contributed by atoms with Crippen molar-refractivity contribution in [1.29, 1.82) is 0 Å². The highest BCUT2D eigenvalue weighted by molar-refractivity contribution is 14.0. The smallest absolute Gasteiger partial charge is 0.357 e. The van der Waals surface area contributed by atoms with Crippen molar-refractivity contribution in [2.24, 2.45) is 10.9 Å². The Morgan fingerprint density at radius 1 is 1.18 bits per heavy atom. The van der Waals surface area contributed by atoms with E-state index in [9.17, 15) is 13.2 Å². The minimum atomic E-state index is -4.16. The minimum Gasteiger partial charge on any atom is -0.357 e. The van der Waals surface area contributed by atoms with Crippen molar-refractivity contribution in [3.05, 3.63) is 35.4 Å². The maximum absolute atomic E-state index is 12.3. The second-order valence-corrected chi connectivity index (χ2v) is 7.27. The third kappa shape index (κ3) is 9.95. The number of alkyl halides is 3. The fourth-order valence-electron chi connectivity index (χ4n) is 3.14. The van der Waals surface area contributed by atoms with Crippen LogP contribution in [0, 0.1) is 5.92 Å². The molecule has 8 heteroatoms. The lowest BCUT2D eigenvalue weighted by Gasteiger charge is -2.30. The summed E-state index contributed by atoms with van der Waals surface area (Å²) in [5.41, 5.74) is 2.32. The van der Waals surface area contributed by atoms with Crippen LogP contribution in [0.2, 0.25) is 0 Å². The molecule has 2 rings (SSSR count). The zero-order chi connectivity index (χ0) is 19.7. The fourth-order valence-corrected chi connectivity index (χ4v) is 3.14. The molecule has 1 aliphatic heterocycles. The van der Waals surface area contributed by atoms with Crippen molar-refractivity contribution in [2.45, 2.75) is 52.4 Å². The van der Waals surface area contributed by atoms with Crippen molar-refractivity contribution < 1.29 is 13.2 Å². The molecule has 0 bridgehead atoms. The molecule has 1 heterocycles. The third-order valence-electron chi connectivity index (χ3n) is 4.74. The van der Waals surface area contributed by atoms with Crippen LogP contribution >= 0.6 is 24.0 Å². The standard InChI is InChI=1S/C20H31F3N4.HI/c1-3-24-19(25-10-9-20(21,22)23)26-14-17-5-4-6-18(13-17)15-27-11-7-16(2)8-12-27;/h4-6,13,16H,3,7-12,14-15H2,1-2H3,(H2,24,25,26);1H. The van der Waals surface area contributed by atoms with Gasteiger partial charge < -0.3 is 10.6 Å². The molecule has 1 saturated heterocycles. The van der Waals surface area contributed by atoms with Gasteiger partial charge in [-0.05, 0) is 49.9 Å². The van der Waals surface area contributed by atoms with Crippen molar-refractivity contribution in [2.75, 3.05) is 26.2 Å². The molecule has 160 valence electrons. The lowest BCUT2D eigenvalue weighted by Crippen LogP contribution is -2.38. The Bertz CT molecular complexity index is 599. The molecule has 0 amide bonds. The van der Waals surface area contributed by atoms with E-state index in [1.807, 2.05) is 19.1 Å². The number of rotatable bonds is 7. The van der Waals surface area contributed by atoms with Crippen LogP contribution in [-0.4, -0.2) is 43.2 Å². The quantitative estimate of drug-likeness (QED) is 0.320. The van der Waals surface area contributed by atoms with E-state index in [0.29, 0.717) is 19.0 Å². The summed E-state index contributed by atoms with van der Waals surface area (Å²) in [6.45, 7) is 8.27. The van der Waals surface area contributed by atoms with Crippen molar-refractivity contribution >= 4 is 29.9 Å². The van der Waals surface area contributed by atoms with Gasteiger partial charge in [-0.1, -0.05) is 31.2 Å². The topological polar surface area (TPSA) is 39.7 Å². The van der Waals surface area contributed by atoms with Gasteiger partial charge in [0.1, 0.15) is 0 Å². The van der Waals surface area contributed by atoms with E-state index >= 15 is 0 Å². The molecule has 1 aromatic rings. The highest BCUT2D eigenvalue weighted by Crippen LogP contribution is 2.19. The van der Waals surface area contributed by atoms with E-state index < -0.39 is 12.6 Å². The first-order valence-corrected chi connectivity index (χ1v) is 9.75. The van der Waals surface area contributed by atoms with E-state index in [4.69, 9.17) is 0 Å². The van der Waals surface area contributed by atoms with Crippen LogP contribution in [0.15, 0.2) is 29.3 Å². The van der Waals surface area contributed by atoms with Crippen LogP contribution in [0.4, 0.5) is 13.2 Å². The Kier molecular flexibility index (Phi) is 11.2. The van der Waals surface area contributed by atoms with E-state index in [1.165, 1.54) is 18.4 Å². The van der Waals surface area contributed by atoms with Crippen molar-refractivity contribution in [1.82, 2.24) is 15.5 Å². The molecule has 4 nitrogen and oxygen atoms in total. The first kappa shape index (κ1) is 25.0. The average molecular weight is 512 g/mol. The van der Waals surface area contributed by atoms with E-state index in [-0.39, 0.29) is 30.5 Å². The molecule has 0 atom stereocenters. The van der Waals surface area contributed by atoms with Crippen LogP contribution in [0.1, 0.15) is 44.2 Å². The van der Waals surface area contributed by atoms with Crippen LogP contribution in [0.3, 0.4) is 0 Å². The SMILES string of the molecule is CCNC(=NCc1cccc(CN2CCC(C)CC2)c1)NCCC(F)(F)F.I. The van der Waals surface area contributed by atoms with Gasteiger partial charge in [0.25, 0.3) is 0 Å². The fraction of sp³-hybridized carbons (Fsp3) is 0.650. The zero-order valence-electron chi connectivity index (χ0n) is 16.7. The highest BCUT2D eigenvalue weighted by Gasteiger charge is 2.26. The Morgan fingerprint density at radius 3 is 2.50 bits per heavy atom. The maximum Gasteiger partial charge on any atom is 0.390 e. The molecule has 2 N–H and O–H groups in total. The first-order chi connectivity index (χ1) is 12.9. The molecule has 0 aromatic heterocycles. The lowest BCUT2D eigenvalue weighted by molar-refractivity contribution is -0.132. The number of aliphatic imine (C=N–C) groups is 1. The summed E-state index contributed by atoms with van der Waals surface area (Å²) >= 11 is 0. The molecule has 0 unspecified atom stereocenters. The normalized spacial score (nSPS) is 16.5. The molecule has 28 heavy (non-hydrogen) atoms. The van der Waals surface area contributed by atoms with E-state index in [0.717, 1.165) is 31.1 Å². The van der Waals surface area contributed by atoms with Gasteiger partial charge in [-0.2, -0.15) is 13.2 Å². The van der Waals surface area contributed by atoms with Gasteiger partial charge >= 0.3 is 6.18 Å². The number of guanidine groups is 1. The van der Waals surface area contributed by atoms with Crippen LogP contribution in [-0.2, 0) is 13.1 Å². The van der Waals surface area contributed by atoms with E-state index in [2.05, 4.69) is 39.6 Å². The summed E-state index contributed by atoms with van der Waals surface area (Å²) in [6.07, 6.45) is -2.54. The average Bonchev–Trinajstić information content (AvgIpc) is 2.61. The second kappa shape index (κ2) is 12.5. The number of halogens is 4. The largest absolute Gasteiger partial charge is 0.390 e. The molecule has 0 aliphatic carbocycles.